The summed E-state index contributed by atoms with van der Waals surface area (Å²) in [5.41, 5.74) is 6.98. The van der Waals surface area contributed by atoms with Gasteiger partial charge in [-0.25, -0.2) is 0 Å². The predicted octanol–water partition coefficient (Wildman–Crippen LogP) is 1.45. The molecule has 0 aromatic heterocycles. The Labute approximate surface area is 120 Å². The molecule has 1 aromatic carbocycles. The van der Waals surface area contributed by atoms with Crippen LogP contribution in [-0.2, 0) is 0 Å². The molecular formula is C15H23N3O2. The zero-order chi connectivity index (χ0) is 14.5. The molecule has 5 heteroatoms. The highest BCUT2D eigenvalue weighted by Crippen LogP contribution is 2.24. The van der Waals surface area contributed by atoms with Gasteiger partial charge < -0.3 is 20.3 Å². The lowest BCUT2D eigenvalue weighted by atomic mass is 10.1. The third kappa shape index (κ3) is 3.22. The second-order valence-corrected chi connectivity index (χ2v) is 4.92. The van der Waals surface area contributed by atoms with Crippen LogP contribution in [0.3, 0.4) is 0 Å². The Balaban J connectivity index is 2.13. The molecule has 0 bridgehead atoms. The van der Waals surface area contributed by atoms with E-state index in [1.165, 1.54) is 0 Å². The maximum absolute atomic E-state index is 12.6. The molecule has 1 amide bonds. The van der Waals surface area contributed by atoms with Crippen molar-refractivity contribution in [1.29, 1.82) is 0 Å². The molecule has 1 aliphatic heterocycles. The van der Waals surface area contributed by atoms with E-state index in [0.29, 0.717) is 23.6 Å². The summed E-state index contributed by atoms with van der Waals surface area (Å²) in [5.74, 6) is 0.611. The zero-order valence-electron chi connectivity index (χ0n) is 12.3. The molecule has 5 nitrogen and oxygen atoms in total. The molecular weight excluding hydrogens is 254 g/mol. The number of anilines is 1. The fraction of sp³-hybridized carbons (Fsp3) is 0.533. The van der Waals surface area contributed by atoms with Crippen molar-refractivity contribution in [3.63, 3.8) is 0 Å². The van der Waals surface area contributed by atoms with Crippen molar-refractivity contribution in [2.24, 2.45) is 0 Å². The minimum Gasteiger partial charge on any atom is -0.493 e. The fourth-order valence-electron chi connectivity index (χ4n) is 2.43. The normalized spacial score (nSPS) is 16.2. The van der Waals surface area contributed by atoms with Crippen LogP contribution >= 0.6 is 0 Å². The van der Waals surface area contributed by atoms with E-state index in [9.17, 15) is 4.79 Å². The second-order valence-electron chi connectivity index (χ2n) is 4.92. The lowest BCUT2D eigenvalue weighted by Gasteiger charge is -2.34. The van der Waals surface area contributed by atoms with Crippen LogP contribution in [0.15, 0.2) is 18.2 Å². The Morgan fingerprint density at radius 1 is 1.25 bits per heavy atom. The summed E-state index contributed by atoms with van der Waals surface area (Å²) in [6.45, 7) is 9.00. The number of nitrogens with zero attached hydrogens (tertiary/aromatic N) is 2. The Morgan fingerprint density at radius 3 is 2.55 bits per heavy atom. The van der Waals surface area contributed by atoms with Crippen LogP contribution in [0.5, 0.6) is 5.75 Å². The number of piperazine rings is 1. The SMILES string of the molecule is CCOc1cc(N)ccc1C(=O)N1CCN(CC)CC1. The molecule has 2 rings (SSSR count). The molecule has 1 aromatic rings. The minimum atomic E-state index is 0.0317. The van der Waals surface area contributed by atoms with Gasteiger partial charge in [0.05, 0.1) is 12.2 Å². The van der Waals surface area contributed by atoms with Gasteiger partial charge in [-0.2, -0.15) is 0 Å². The summed E-state index contributed by atoms with van der Waals surface area (Å²) < 4.78 is 5.53. The number of ether oxygens (including phenoxy) is 1. The van der Waals surface area contributed by atoms with Gasteiger partial charge in [-0.15, -0.1) is 0 Å². The maximum atomic E-state index is 12.6. The van der Waals surface area contributed by atoms with Crippen LogP contribution in [-0.4, -0.2) is 55.0 Å². The summed E-state index contributed by atoms with van der Waals surface area (Å²) in [4.78, 5) is 16.8. The number of likely N-dealkylation sites (N-methyl/N-ethyl adjacent to an activating group) is 1. The highest BCUT2D eigenvalue weighted by Gasteiger charge is 2.23. The molecule has 2 N–H and O–H groups in total. The smallest absolute Gasteiger partial charge is 0.257 e. The van der Waals surface area contributed by atoms with Crippen LogP contribution in [0.4, 0.5) is 5.69 Å². The van der Waals surface area contributed by atoms with E-state index in [1.54, 1.807) is 18.2 Å². The molecule has 1 saturated heterocycles. The summed E-state index contributed by atoms with van der Waals surface area (Å²) in [6.07, 6.45) is 0. The predicted molar refractivity (Wildman–Crippen MR) is 80.0 cm³/mol. The van der Waals surface area contributed by atoms with Gasteiger partial charge in [0, 0.05) is 37.9 Å². The molecule has 1 aliphatic rings. The minimum absolute atomic E-state index is 0.0317. The van der Waals surface area contributed by atoms with E-state index in [4.69, 9.17) is 10.5 Å². The number of nitrogens with two attached hydrogens (primary N) is 1. The van der Waals surface area contributed by atoms with Gasteiger partial charge in [0.25, 0.3) is 5.91 Å². The first-order chi connectivity index (χ1) is 9.65. The Morgan fingerprint density at radius 2 is 1.95 bits per heavy atom. The van der Waals surface area contributed by atoms with E-state index in [1.807, 2.05) is 11.8 Å². The molecule has 0 saturated carbocycles. The fourth-order valence-corrected chi connectivity index (χ4v) is 2.43. The average molecular weight is 277 g/mol. The van der Waals surface area contributed by atoms with E-state index in [0.717, 1.165) is 32.7 Å². The van der Waals surface area contributed by atoms with Crippen molar-refractivity contribution in [2.45, 2.75) is 13.8 Å². The number of carbonyl (C=O) groups is 1. The lowest BCUT2D eigenvalue weighted by molar-refractivity contribution is 0.0639. The summed E-state index contributed by atoms with van der Waals surface area (Å²) in [7, 11) is 0. The Hall–Kier alpha value is -1.75. The van der Waals surface area contributed by atoms with Gasteiger partial charge in [0.2, 0.25) is 0 Å². The van der Waals surface area contributed by atoms with Crippen LogP contribution in [0.1, 0.15) is 24.2 Å². The molecule has 1 heterocycles. The molecule has 20 heavy (non-hydrogen) atoms. The van der Waals surface area contributed by atoms with Crippen molar-refractivity contribution in [3.05, 3.63) is 23.8 Å². The second kappa shape index (κ2) is 6.61. The first-order valence-corrected chi connectivity index (χ1v) is 7.19. The van der Waals surface area contributed by atoms with Gasteiger partial charge >= 0.3 is 0 Å². The largest absolute Gasteiger partial charge is 0.493 e. The highest BCUT2D eigenvalue weighted by molar-refractivity contribution is 5.97. The van der Waals surface area contributed by atoms with E-state index < -0.39 is 0 Å². The zero-order valence-corrected chi connectivity index (χ0v) is 12.3. The topological polar surface area (TPSA) is 58.8 Å². The first-order valence-electron chi connectivity index (χ1n) is 7.19. The molecule has 110 valence electrons. The van der Waals surface area contributed by atoms with Gasteiger partial charge in [-0.05, 0) is 25.6 Å². The van der Waals surface area contributed by atoms with Crippen molar-refractivity contribution in [1.82, 2.24) is 9.80 Å². The van der Waals surface area contributed by atoms with Crippen LogP contribution in [0.25, 0.3) is 0 Å². The molecule has 0 aliphatic carbocycles. The quantitative estimate of drug-likeness (QED) is 0.846. The third-order valence-corrected chi connectivity index (χ3v) is 3.64. The number of carbonyl (C=O) groups excluding carboxylic acids is 1. The lowest BCUT2D eigenvalue weighted by Crippen LogP contribution is -2.48. The number of benzene rings is 1. The van der Waals surface area contributed by atoms with E-state index >= 15 is 0 Å². The Bertz CT molecular complexity index is 468. The summed E-state index contributed by atoms with van der Waals surface area (Å²) >= 11 is 0. The van der Waals surface area contributed by atoms with Crippen molar-refractivity contribution in [2.75, 3.05) is 45.1 Å². The standard InChI is InChI=1S/C15H23N3O2/c1-3-17-7-9-18(10-8-17)15(19)13-6-5-12(16)11-14(13)20-4-2/h5-6,11H,3-4,7-10,16H2,1-2H3. The number of amides is 1. The number of nitrogen functional groups attached to an aromatic ring is 1. The van der Waals surface area contributed by atoms with Gasteiger partial charge in [0.1, 0.15) is 5.75 Å². The van der Waals surface area contributed by atoms with Crippen LogP contribution in [0.2, 0.25) is 0 Å². The summed E-state index contributed by atoms with van der Waals surface area (Å²) in [5, 5.41) is 0. The van der Waals surface area contributed by atoms with E-state index in [2.05, 4.69) is 11.8 Å². The summed E-state index contributed by atoms with van der Waals surface area (Å²) in [6, 6.07) is 5.23. The molecule has 0 spiro atoms. The number of hydrogen-bond acceptors (Lipinski definition) is 4. The molecule has 0 atom stereocenters. The first kappa shape index (κ1) is 14.7. The van der Waals surface area contributed by atoms with Crippen molar-refractivity contribution >= 4 is 11.6 Å². The molecule has 0 radical (unpaired) electrons. The van der Waals surface area contributed by atoms with Crippen LogP contribution in [0, 0.1) is 0 Å². The average Bonchev–Trinajstić information content (AvgIpc) is 2.47. The van der Waals surface area contributed by atoms with E-state index in [-0.39, 0.29) is 5.91 Å². The third-order valence-electron chi connectivity index (χ3n) is 3.64. The Kier molecular flexibility index (Phi) is 4.84. The van der Waals surface area contributed by atoms with Crippen molar-refractivity contribution < 1.29 is 9.53 Å². The highest BCUT2D eigenvalue weighted by atomic mass is 16.5. The monoisotopic (exact) mass is 277 g/mol. The van der Waals surface area contributed by atoms with Crippen LogP contribution < -0.4 is 10.5 Å². The maximum Gasteiger partial charge on any atom is 0.257 e. The number of rotatable bonds is 4. The molecule has 1 fully saturated rings. The van der Waals surface area contributed by atoms with Gasteiger partial charge in [-0.3, -0.25) is 4.79 Å². The van der Waals surface area contributed by atoms with Gasteiger partial charge in [0.15, 0.2) is 0 Å². The van der Waals surface area contributed by atoms with Crippen molar-refractivity contribution in [3.8, 4) is 5.75 Å². The van der Waals surface area contributed by atoms with Gasteiger partial charge in [-0.1, -0.05) is 6.92 Å². The molecule has 0 unspecified atom stereocenters. The number of hydrogen-bond donors (Lipinski definition) is 1.